The van der Waals surface area contributed by atoms with Gasteiger partial charge in [0.25, 0.3) is 0 Å². The third-order valence-corrected chi connectivity index (χ3v) is 6.23. The van der Waals surface area contributed by atoms with Crippen molar-refractivity contribution in [3.05, 3.63) is 54.2 Å². The first kappa shape index (κ1) is 28.9. The van der Waals surface area contributed by atoms with Crippen molar-refractivity contribution in [2.45, 2.75) is 51.1 Å². The Kier molecular flexibility index (Phi) is 8.28. The van der Waals surface area contributed by atoms with Crippen LogP contribution in [-0.4, -0.2) is 55.4 Å². The van der Waals surface area contributed by atoms with Crippen molar-refractivity contribution >= 4 is 41.4 Å². The molecule has 12 heteroatoms. The van der Waals surface area contributed by atoms with Crippen LogP contribution in [0.2, 0.25) is 0 Å². The molecule has 3 aromatic heterocycles. The lowest BCUT2D eigenvalue weighted by atomic mass is 10.0. The molecule has 200 valence electrons. The van der Waals surface area contributed by atoms with Gasteiger partial charge in [-0.05, 0) is 51.0 Å². The van der Waals surface area contributed by atoms with Gasteiger partial charge in [0.15, 0.2) is 11.5 Å². The third-order valence-electron chi connectivity index (χ3n) is 6.23. The molecule has 0 amide bonds. The van der Waals surface area contributed by atoms with Crippen LogP contribution in [0.25, 0.3) is 28.1 Å². The zero-order valence-electron chi connectivity index (χ0n) is 20.6. The largest absolute Gasteiger partial charge is 0.489 e. The van der Waals surface area contributed by atoms with Gasteiger partial charge in [0, 0.05) is 30.2 Å². The average Bonchev–Trinajstić information content (AvgIpc) is 3.35. The summed E-state index contributed by atoms with van der Waals surface area (Å²) in [5.41, 5.74) is 7.16. The Morgan fingerprint density at radius 1 is 1.05 bits per heavy atom. The molecular formula is C25H29Cl2F3N6O. The number of hydrogen-bond donors (Lipinski definition) is 1. The minimum atomic E-state index is -4.47. The topological polar surface area (TPSA) is 81.6 Å². The summed E-state index contributed by atoms with van der Waals surface area (Å²) in [4.78, 5) is 6.14. The fraction of sp³-hybridized carbons (Fsp3) is 0.400. The number of pyridine rings is 2. The molecule has 1 fully saturated rings. The summed E-state index contributed by atoms with van der Waals surface area (Å²) in [6, 6.07) is 10.6. The molecule has 0 bridgehead atoms. The molecule has 1 aliphatic heterocycles. The Morgan fingerprint density at radius 3 is 2.46 bits per heavy atom. The third kappa shape index (κ3) is 5.77. The quantitative estimate of drug-likeness (QED) is 0.344. The minimum absolute atomic E-state index is 0. The first-order valence-electron chi connectivity index (χ1n) is 11.5. The summed E-state index contributed by atoms with van der Waals surface area (Å²) in [5.74, 6) is 0.985. The number of benzene rings is 1. The number of aromatic nitrogens is 4. The molecule has 5 rings (SSSR count). The van der Waals surface area contributed by atoms with Crippen LogP contribution in [0, 0.1) is 0 Å². The van der Waals surface area contributed by atoms with Crippen molar-refractivity contribution in [3.63, 3.8) is 0 Å². The average molecular weight is 557 g/mol. The van der Waals surface area contributed by atoms with E-state index in [-0.39, 0.29) is 49.6 Å². The van der Waals surface area contributed by atoms with Gasteiger partial charge in [0.2, 0.25) is 0 Å². The van der Waals surface area contributed by atoms with Gasteiger partial charge in [-0.1, -0.05) is 24.3 Å². The number of rotatable bonds is 5. The number of fused-ring (bicyclic) bond motifs is 2. The molecule has 1 saturated heterocycles. The van der Waals surface area contributed by atoms with Crippen LogP contribution in [0.3, 0.4) is 0 Å². The maximum atomic E-state index is 14.2. The van der Waals surface area contributed by atoms with Gasteiger partial charge in [-0.2, -0.15) is 13.2 Å². The van der Waals surface area contributed by atoms with E-state index < -0.39 is 17.8 Å². The molecule has 7 nitrogen and oxygen atoms in total. The normalized spacial score (nSPS) is 19.1. The van der Waals surface area contributed by atoms with Gasteiger partial charge in [-0.15, -0.1) is 35.0 Å². The van der Waals surface area contributed by atoms with Gasteiger partial charge < -0.3 is 10.5 Å². The monoisotopic (exact) mass is 556 g/mol. The second kappa shape index (κ2) is 10.6. The highest BCUT2D eigenvalue weighted by Crippen LogP contribution is 2.41. The van der Waals surface area contributed by atoms with E-state index in [2.05, 4.69) is 10.2 Å². The van der Waals surface area contributed by atoms with E-state index in [0.717, 1.165) is 5.39 Å². The predicted molar refractivity (Wildman–Crippen MR) is 142 cm³/mol. The Hall–Kier alpha value is -2.66. The Bertz CT molecular complexity index is 1390. The molecule has 2 atom stereocenters. The van der Waals surface area contributed by atoms with Crippen LogP contribution in [0.1, 0.15) is 38.8 Å². The number of likely N-dealkylation sites (tertiary alicyclic amines) is 1. The number of hydrogen-bond acceptors (Lipinski definition) is 6. The number of halogens is 5. The standard InChI is InChI=1S/C25H27F3N6O.2ClH/c1-15(2)35-19-6-4-5-16-7-9-18(30-21(16)19)23-32-31-20-10-8-17(13-34(20)23)22(25(26,27)28)33-12-11-24(3,29)14-33;;/h4-10,13,15,22H,11-12,14,29H2,1-3H3;2*1H/t22-,24?;;/m1../s1. The summed E-state index contributed by atoms with van der Waals surface area (Å²) < 4.78 is 50.2. The summed E-state index contributed by atoms with van der Waals surface area (Å²) in [5, 5.41) is 9.28. The zero-order chi connectivity index (χ0) is 25.0. The van der Waals surface area contributed by atoms with Crippen LogP contribution in [0.15, 0.2) is 48.7 Å². The summed E-state index contributed by atoms with van der Waals surface area (Å²) in [6.45, 7) is 6.08. The van der Waals surface area contributed by atoms with Crippen molar-refractivity contribution in [2.24, 2.45) is 5.73 Å². The maximum absolute atomic E-state index is 14.2. The molecule has 1 aliphatic rings. The lowest BCUT2D eigenvalue weighted by Gasteiger charge is -2.31. The van der Waals surface area contributed by atoms with Gasteiger partial charge >= 0.3 is 6.18 Å². The number of nitrogens with zero attached hydrogens (tertiary/aromatic N) is 5. The van der Waals surface area contributed by atoms with Crippen molar-refractivity contribution in [1.29, 1.82) is 0 Å². The highest BCUT2D eigenvalue weighted by atomic mass is 35.5. The first-order chi connectivity index (χ1) is 16.5. The lowest BCUT2D eigenvalue weighted by molar-refractivity contribution is -0.184. The molecule has 37 heavy (non-hydrogen) atoms. The van der Waals surface area contributed by atoms with E-state index in [4.69, 9.17) is 15.5 Å². The number of para-hydroxylation sites is 1. The first-order valence-corrected chi connectivity index (χ1v) is 11.5. The lowest BCUT2D eigenvalue weighted by Crippen LogP contribution is -2.43. The number of ether oxygens (including phenoxy) is 1. The smallest absolute Gasteiger partial charge is 0.408 e. The van der Waals surface area contributed by atoms with E-state index in [1.807, 2.05) is 38.1 Å². The van der Waals surface area contributed by atoms with E-state index >= 15 is 0 Å². The van der Waals surface area contributed by atoms with Gasteiger partial charge in [-0.3, -0.25) is 9.30 Å². The maximum Gasteiger partial charge on any atom is 0.408 e. The van der Waals surface area contributed by atoms with E-state index in [1.54, 1.807) is 23.5 Å². The minimum Gasteiger partial charge on any atom is -0.489 e. The van der Waals surface area contributed by atoms with Crippen LogP contribution in [0.5, 0.6) is 5.75 Å². The molecule has 0 spiro atoms. The van der Waals surface area contributed by atoms with Crippen molar-refractivity contribution in [2.75, 3.05) is 13.1 Å². The Morgan fingerprint density at radius 2 is 1.81 bits per heavy atom. The summed E-state index contributed by atoms with van der Waals surface area (Å²) in [6.07, 6.45) is -2.55. The number of nitrogens with two attached hydrogens (primary N) is 1. The van der Waals surface area contributed by atoms with Crippen LogP contribution in [0.4, 0.5) is 13.2 Å². The summed E-state index contributed by atoms with van der Waals surface area (Å²) in [7, 11) is 0. The summed E-state index contributed by atoms with van der Waals surface area (Å²) >= 11 is 0. The van der Waals surface area contributed by atoms with Gasteiger partial charge in [0.1, 0.15) is 23.0 Å². The Labute approximate surface area is 225 Å². The fourth-order valence-corrected chi connectivity index (χ4v) is 4.69. The molecular weight excluding hydrogens is 528 g/mol. The van der Waals surface area contributed by atoms with Crippen LogP contribution >= 0.6 is 24.8 Å². The van der Waals surface area contributed by atoms with Gasteiger partial charge in [0.05, 0.1) is 6.10 Å². The van der Waals surface area contributed by atoms with E-state index in [9.17, 15) is 13.2 Å². The van der Waals surface area contributed by atoms with Crippen LogP contribution in [-0.2, 0) is 0 Å². The van der Waals surface area contributed by atoms with E-state index in [0.29, 0.717) is 34.9 Å². The Balaban J connectivity index is 0.00000190. The second-order valence-corrected chi connectivity index (χ2v) is 9.72. The molecule has 1 aromatic carbocycles. The number of alkyl halides is 3. The molecule has 0 aliphatic carbocycles. The SMILES string of the molecule is CC(C)Oc1cccc2ccc(-c3nnc4ccc([C@@H](N5CCC(C)(N)C5)C(F)(F)F)cn34)nc12.Cl.Cl. The van der Waals surface area contributed by atoms with Gasteiger partial charge in [-0.25, -0.2) is 4.98 Å². The predicted octanol–water partition coefficient (Wildman–Crippen LogP) is 5.60. The second-order valence-electron chi connectivity index (χ2n) is 9.72. The molecule has 1 unspecified atom stereocenters. The molecule has 4 heterocycles. The highest BCUT2D eigenvalue weighted by molar-refractivity contribution is 5.86. The zero-order valence-corrected chi connectivity index (χ0v) is 22.2. The van der Waals surface area contributed by atoms with Crippen molar-refractivity contribution < 1.29 is 17.9 Å². The van der Waals surface area contributed by atoms with Crippen molar-refractivity contribution in [3.8, 4) is 17.3 Å². The highest BCUT2D eigenvalue weighted by Gasteiger charge is 2.48. The van der Waals surface area contributed by atoms with Crippen molar-refractivity contribution in [1.82, 2.24) is 24.5 Å². The van der Waals surface area contributed by atoms with E-state index in [1.165, 1.54) is 17.2 Å². The molecule has 4 aromatic rings. The van der Waals surface area contributed by atoms with Crippen LogP contribution < -0.4 is 10.5 Å². The fourth-order valence-electron chi connectivity index (χ4n) is 4.69. The molecule has 0 saturated carbocycles. The molecule has 0 radical (unpaired) electrons. The molecule has 2 N–H and O–H groups in total.